The van der Waals surface area contributed by atoms with Crippen LogP contribution in [-0.2, 0) is 29.0 Å². The smallest absolute Gasteiger partial charge is 0.243 e. The molecule has 0 spiro atoms. The van der Waals surface area contributed by atoms with Crippen LogP contribution in [0.1, 0.15) is 42.9 Å². The van der Waals surface area contributed by atoms with Crippen molar-refractivity contribution in [1.29, 1.82) is 0 Å². The molecule has 0 aliphatic rings. The number of nitrogens with zero attached hydrogens (tertiary/aromatic N) is 1. The van der Waals surface area contributed by atoms with Crippen molar-refractivity contribution in [2.75, 3.05) is 6.54 Å². The molecular weight excluding hydrogens is 444 g/mol. The molecule has 2 amide bonds. The average Bonchev–Trinajstić information content (AvgIpc) is 2.86. The first-order valence-corrected chi connectivity index (χ1v) is 12.3. The van der Waals surface area contributed by atoms with Crippen molar-refractivity contribution in [3.63, 3.8) is 0 Å². The van der Waals surface area contributed by atoms with Crippen molar-refractivity contribution in [2.24, 2.45) is 0 Å². The molecule has 0 unspecified atom stereocenters. The lowest BCUT2D eigenvalue weighted by atomic mass is 10.0. The van der Waals surface area contributed by atoms with Crippen LogP contribution in [0, 0.1) is 0 Å². The number of benzene rings is 3. The van der Waals surface area contributed by atoms with E-state index in [1.807, 2.05) is 84.9 Å². The molecule has 5 heteroatoms. The number of amides is 2. The molecule has 0 heterocycles. The minimum absolute atomic E-state index is 0.0780. The number of carbonyl (C=O) groups is 2. The summed E-state index contributed by atoms with van der Waals surface area (Å²) in [5.74, 6) is -0.193. The summed E-state index contributed by atoms with van der Waals surface area (Å²) in [6.07, 6.45) is 3.76. The molecule has 0 aromatic heterocycles. The lowest BCUT2D eigenvalue weighted by Gasteiger charge is -2.32. The Balaban J connectivity index is 1.89. The minimum Gasteiger partial charge on any atom is -0.354 e. The number of rotatable bonds is 12. The summed E-state index contributed by atoms with van der Waals surface area (Å²) in [7, 11) is 0. The number of nitrogens with one attached hydrogen (secondary N) is 1. The molecule has 3 aromatic carbocycles. The maximum atomic E-state index is 13.6. The van der Waals surface area contributed by atoms with Crippen molar-refractivity contribution < 1.29 is 9.59 Å². The third kappa shape index (κ3) is 8.03. The summed E-state index contributed by atoms with van der Waals surface area (Å²) in [6, 6.07) is 26.4. The van der Waals surface area contributed by atoms with Crippen LogP contribution in [0.5, 0.6) is 0 Å². The van der Waals surface area contributed by atoms with Gasteiger partial charge in [0.2, 0.25) is 11.8 Å². The highest BCUT2D eigenvalue weighted by Gasteiger charge is 2.30. The van der Waals surface area contributed by atoms with Crippen molar-refractivity contribution in [1.82, 2.24) is 10.2 Å². The Labute approximate surface area is 207 Å². The second-order valence-electron chi connectivity index (χ2n) is 8.51. The Hall–Kier alpha value is -3.11. The third-order valence-electron chi connectivity index (χ3n) is 5.82. The van der Waals surface area contributed by atoms with E-state index in [0.717, 1.165) is 36.0 Å². The van der Waals surface area contributed by atoms with E-state index in [1.54, 1.807) is 4.90 Å². The lowest BCUT2D eigenvalue weighted by molar-refractivity contribution is -0.140. The van der Waals surface area contributed by atoms with Gasteiger partial charge in [0.25, 0.3) is 0 Å². The quantitative estimate of drug-likeness (QED) is 0.334. The molecular formula is C29H33ClN2O2. The largest absolute Gasteiger partial charge is 0.354 e. The van der Waals surface area contributed by atoms with Crippen LogP contribution < -0.4 is 5.32 Å². The fraction of sp³-hybridized carbons (Fsp3) is 0.310. The zero-order valence-corrected chi connectivity index (χ0v) is 20.5. The maximum Gasteiger partial charge on any atom is 0.243 e. The molecule has 4 nitrogen and oxygen atoms in total. The normalized spacial score (nSPS) is 11.6. The van der Waals surface area contributed by atoms with Gasteiger partial charge in [0.05, 0.1) is 6.42 Å². The second kappa shape index (κ2) is 13.6. The van der Waals surface area contributed by atoms with Crippen LogP contribution in [0.25, 0.3) is 0 Å². The van der Waals surface area contributed by atoms with Crippen LogP contribution in [-0.4, -0.2) is 29.3 Å². The minimum atomic E-state index is -0.615. The van der Waals surface area contributed by atoms with Gasteiger partial charge in [0.1, 0.15) is 6.04 Å². The highest BCUT2D eigenvalue weighted by molar-refractivity contribution is 6.30. The lowest BCUT2D eigenvalue weighted by Crippen LogP contribution is -2.51. The van der Waals surface area contributed by atoms with Crippen LogP contribution in [0.3, 0.4) is 0 Å². The third-order valence-corrected chi connectivity index (χ3v) is 6.07. The van der Waals surface area contributed by atoms with Crippen molar-refractivity contribution in [3.8, 4) is 0 Å². The predicted molar refractivity (Wildman–Crippen MR) is 139 cm³/mol. The number of carbonyl (C=O) groups excluding carboxylic acids is 2. The Bertz CT molecular complexity index is 1020. The van der Waals surface area contributed by atoms with E-state index < -0.39 is 6.04 Å². The van der Waals surface area contributed by atoms with Gasteiger partial charge in [-0.1, -0.05) is 104 Å². The van der Waals surface area contributed by atoms with Gasteiger partial charge < -0.3 is 10.2 Å². The van der Waals surface area contributed by atoms with Gasteiger partial charge in [-0.25, -0.2) is 0 Å². The molecule has 0 aliphatic carbocycles. The van der Waals surface area contributed by atoms with E-state index >= 15 is 0 Å². The first kappa shape index (κ1) is 25.5. The zero-order valence-electron chi connectivity index (χ0n) is 19.8. The van der Waals surface area contributed by atoms with E-state index in [4.69, 9.17) is 11.6 Å². The standard InChI is InChI=1S/C29H33ClN2O2/c1-2-3-10-19-31-29(34)27(20-23-11-6-4-7-12-23)32(22-25-15-17-26(30)18-16-25)28(33)21-24-13-8-5-9-14-24/h4-9,11-18,27H,2-3,10,19-22H2,1H3,(H,31,34)/t27-/m0/s1. The predicted octanol–water partition coefficient (Wildman–Crippen LogP) is 5.83. The summed E-state index contributed by atoms with van der Waals surface area (Å²) in [5.41, 5.74) is 2.88. The van der Waals surface area contributed by atoms with Crippen LogP contribution in [0.2, 0.25) is 5.02 Å². The van der Waals surface area contributed by atoms with E-state index in [9.17, 15) is 9.59 Å². The molecule has 3 rings (SSSR count). The Kier molecular flexibility index (Phi) is 10.2. The Morgan fingerprint density at radius 2 is 1.44 bits per heavy atom. The number of halogens is 1. The van der Waals surface area contributed by atoms with Crippen LogP contribution >= 0.6 is 11.6 Å². The van der Waals surface area contributed by atoms with Crippen LogP contribution in [0.4, 0.5) is 0 Å². The first-order chi connectivity index (χ1) is 16.6. The number of unbranched alkanes of at least 4 members (excludes halogenated alkanes) is 2. The summed E-state index contributed by atoms with van der Waals surface area (Å²) < 4.78 is 0. The van der Waals surface area contributed by atoms with E-state index in [0.29, 0.717) is 24.5 Å². The molecule has 0 saturated heterocycles. The summed E-state index contributed by atoms with van der Waals surface area (Å²) in [5, 5.41) is 3.72. The van der Waals surface area contributed by atoms with Gasteiger partial charge in [0, 0.05) is 24.5 Å². The fourth-order valence-corrected chi connectivity index (χ4v) is 4.04. The highest BCUT2D eigenvalue weighted by Crippen LogP contribution is 2.18. The van der Waals surface area contributed by atoms with Gasteiger partial charge in [-0.3, -0.25) is 9.59 Å². The summed E-state index contributed by atoms with van der Waals surface area (Å²) in [4.78, 5) is 28.8. The van der Waals surface area contributed by atoms with E-state index in [1.165, 1.54) is 0 Å². The first-order valence-electron chi connectivity index (χ1n) is 12.0. The molecule has 3 aromatic rings. The fourth-order valence-electron chi connectivity index (χ4n) is 3.92. The topological polar surface area (TPSA) is 49.4 Å². The molecule has 178 valence electrons. The molecule has 0 radical (unpaired) electrons. The number of hydrogen-bond acceptors (Lipinski definition) is 2. The van der Waals surface area contributed by atoms with Crippen molar-refractivity contribution >= 4 is 23.4 Å². The summed E-state index contributed by atoms with van der Waals surface area (Å²) in [6.45, 7) is 3.08. The maximum absolute atomic E-state index is 13.6. The van der Waals surface area contributed by atoms with Gasteiger partial charge in [-0.2, -0.15) is 0 Å². The molecule has 0 bridgehead atoms. The molecule has 0 aliphatic heterocycles. The molecule has 1 atom stereocenters. The summed E-state index contributed by atoms with van der Waals surface area (Å²) >= 11 is 6.08. The van der Waals surface area contributed by atoms with Gasteiger partial charge >= 0.3 is 0 Å². The Morgan fingerprint density at radius 1 is 0.824 bits per heavy atom. The van der Waals surface area contributed by atoms with Gasteiger partial charge in [0.15, 0.2) is 0 Å². The van der Waals surface area contributed by atoms with Gasteiger partial charge in [-0.15, -0.1) is 0 Å². The van der Waals surface area contributed by atoms with E-state index in [2.05, 4.69) is 12.2 Å². The Morgan fingerprint density at radius 3 is 2.06 bits per heavy atom. The molecule has 0 saturated carbocycles. The van der Waals surface area contributed by atoms with Crippen molar-refractivity contribution in [2.45, 2.75) is 51.6 Å². The highest BCUT2D eigenvalue weighted by atomic mass is 35.5. The second-order valence-corrected chi connectivity index (χ2v) is 8.95. The van der Waals surface area contributed by atoms with Gasteiger partial charge in [-0.05, 0) is 35.2 Å². The van der Waals surface area contributed by atoms with E-state index in [-0.39, 0.29) is 18.2 Å². The molecule has 34 heavy (non-hydrogen) atoms. The SMILES string of the molecule is CCCCCNC(=O)[C@H](Cc1ccccc1)N(Cc1ccc(Cl)cc1)C(=O)Cc1ccccc1. The zero-order chi connectivity index (χ0) is 24.2. The molecule has 1 N–H and O–H groups in total. The van der Waals surface area contributed by atoms with Crippen molar-refractivity contribution in [3.05, 3.63) is 107 Å². The monoisotopic (exact) mass is 476 g/mol. The van der Waals surface area contributed by atoms with Crippen LogP contribution in [0.15, 0.2) is 84.9 Å². The molecule has 0 fully saturated rings. The number of hydrogen-bond donors (Lipinski definition) is 1. The average molecular weight is 477 g/mol.